The molecule has 0 bridgehead atoms. The van der Waals surface area contributed by atoms with Crippen LogP contribution < -0.4 is 4.90 Å². The van der Waals surface area contributed by atoms with Crippen molar-refractivity contribution >= 4 is 33.9 Å². The van der Waals surface area contributed by atoms with Gasteiger partial charge in [0.25, 0.3) is 5.78 Å². The van der Waals surface area contributed by atoms with Crippen molar-refractivity contribution in [2.24, 2.45) is 0 Å². The fourth-order valence-electron chi connectivity index (χ4n) is 3.65. The third-order valence-corrected chi connectivity index (χ3v) is 6.11. The number of Topliss-reactive ketones (excluding diaryl/α,β-unsaturated/α-hetero) is 1. The standard InChI is InChI=1S/C24H23N3O3S/c1-14-5-7-16(8-6-14)20(28)18-19(15-9-11-17(12-10-15)24(2,3)4)27(22(30)21(18)29)23-26-25-13-31-23/h5-13,19,28H,1-4H3/b20-18+/t19-/m0/s1. The Morgan fingerprint density at radius 1 is 1.03 bits per heavy atom. The number of carbonyl (C=O) groups excluding carboxylic acids is 2. The number of ketones is 1. The highest BCUT2D eigenvalue weighted by Gasteiger charge is 2.48. The number of aryl methyl sites for hydroxylation is 1. The molecule has 1 amide bonds. The SMILES string of the molecule is Cc1ccc(/C(O)=C2\C(=O)C(=O)N(c3nncs3)[C@H]2c2ccc(C(C)(C)C)cc2)cc1. The van der Waals surface area contributed by atoms with Gasteiger partial charge in [0.15, 0.2) is 0 Å². The van der Waals surface area contributed by atoms with E-state index in [1.165, 1.54) is 21.7 Å². The molecular formula is C24H23N3O3S. The third-order valence-electron chi connectivity index (χ3n) is 5.42. The monoisotopic (exact) mass is 433 g/mol. The zero-order chi connectivity index (χ0) is 22.3. The number of aromatic nitrogens is 2. The third kappa shape index (κ3) is 3.77. The van der Waals surface area contributed by atoms with Crippen molar-refractivity contribution in [3.05, 3.63) is 81.9 Å². The first-order valence-electron chi connectivity index (χ1n) is 9.93. The molecule has 1 N–H and O–H groups in total. The number of aliphatic hydroxyl groups is 1. The molecule has 0 radical (unpaired) electrons. The van der Waals surface area contributed by atoms with Gasteiger partial charge in [-0.05, 0) is 23.5 Å². The number of benzene rings is 2. The molecule has 0 spiro atoms. The maximum atomic E-state index is 13.0. The summed E-state index contributed by atoms with van der Waals surface area (Å²) in [5.41, 5.74) is 4.87. The number of hydrogen-bond donors (Lipinski definition) is 1. The second-order valence-corrected chi connectivity index (χ2v) is 9.44. The average molecular weight is 434 g/mol. The Morgan fingerprint density at radius 3 is 2.23 bits per heavy atom. The molecule has 1 atom stereocenters. The summed E-state index contributed by atoms with van der Waals surface area (Å²) in [4.78, 5) is 27.4. The van der Waals surface area contributed by atoms with Crippen molar-refractivity contribution in [1.29, 1.82) is 0 Å². The molecule has 3 aromatic rings. The van der Waals surface area contributed by atoms with Crippen molar-refractivity contribution in [3.8, 4) is 0 Å². The van der Waals surface area contributed by atoms with E-state index in [0.29, 0.717) is 10.7 Å². The molecular weight excluding hydrogens is 410 g/mol. The predicted octanol–water partition coefficient (Wildman–Crippen LogP) is 4.77. The normalized spacial score (nSPS) is 18.6. The van der Waals surface area contributed by atoms with Crippen LogP contribution in [0.5, 0.6) is 0 Å². The Bertz CT molecular complexity index is 1160. The largest absolute Gasteiger partial charge is 0.507 e. The highest BCUT2D eigenvalue weighted by atomic mass is 32.1. The van der Waals surface area contributed by atoms with Crippen LogP contribution in [0.25, 0.3) is 5.76 Å². The summed E-state index contributed by atoms with van der Waals surface area (Å²) in [6, 6.07) is 14.2. The van der Waals surface area contributed by atoms with Crippen molar-refractivity contribution in [2.45, 2.75) is 39.2 Å². The maximum Gasteiger partial charge on any atom is 0.301 e. The number of aliphatic hydroxyl groups excluding tert-OH is 1. The van der Waals surface area contributed by atoms with E-state index in [1.807, 2.05) is 43.3 Å². The van der Waals surface area contributed by atoms with Gasteiger partial charge >= 0.3 is 5.91 Å². The number of amides is 1. The van der Waals surface area contributed by atoms with Gasteiger partial charge in [-0.2, -0.15) is 0 Å². The summed E-state index contributed by atoms with van der Waals surface area (Å²) in [6.07, 6.45) is 0. The van der Waals surface area contributed by atoms with Crippen LogP contribution in [0.2, 0.25) is 0 Å². The van der Waals surface area contributed by atoms with Crippen LogP contribution in [0, 0.1) is 6.92 Å². The zero-order valence-electron chi connectivity index (χ0n) is 17.8. The highest BCUT2D eigenvalue weighted by Crippen LogP contribution is 2.42. The van der Waals surface area contributed by atoms with Crippen LogP contribution in [0.1, 0.15) is 49.1 Å². The highest BCUT2D eigenvalue weighted by molar-refractivity contribution is 7.13. The molecule has 0 aliphatic carbocycles. The molecule has 2 heterocycles. The van der Waals surface area contributed by atoms with E-state index >= 15 is 0 Å². The van der Waals surface area contributed by atoms with Crippen molar-refractivity contribution in [1.82, 2.24) is 10.2 Å². The second-order valence-electron chi connectivity index (χ2n) is 8.63. The van der Waals surface area contributed by atoms with Crippen LogP contribution >= 0.6 is 11.3 Å². The number of nitrogens with zero attached hydrogens (tertiary/aromatic N) is 3. The van der Waals surface area contributed by atoms with Crippen LogP contribution in [0.3, 0.4) is 0 Å². The smallest absolute Gasteiger partial charge is 0.301 e. The summed E-state index contributed by atoms with van der Waals surface area (Å²) in [5.74, 6) is -1.66. The number of anilines is 1. The minimum Gasteiger partial charge on any atom is -0.507 e. The zero-order valence-corrected chi connectivity index (χ0v) is 18.6. The molecule has 1 saturated heterocycles. The quantitative estimate of drug-likeness (QED) is 0.365. The van der Waals surface area contributed by atoms with Gasteiger partial charge < -0.3 is 5.11 Å². The van der Waals surface area contributed by atoms with E-state index < -0.39 is 17.7 Å². The molecule has 6 nitrogen and oxygen atoms in total. The number of carbonyl (C=O) groups is 2. The van der Waals surface area contributed by atoms with Gasteiger partial charge in [0, 0.05) is 5.56 Å². The van der Waals surface area contributed by atoms with Crippen LogP contribution in [0.4, 0.5) is 5.13 Å². The number of hydrogen-bond acceptors (Lipinski definition) is 6. The van der Waals surface area contributed by atoms with Gasteiger partial charge in [0.2, 0.25) is 5.13 Å². The fourth-order valence-corrected chi connectivity index (χ4v) is 4.23. The molecule has 1 aromatic heterocycles. The van der Waals surface area contributed by atoms with Crippen LogP contribution in [-0.2, 0) is 15.0 Å². The Kier molecular flexibility index (Phi) is 5.23. The Balaban J connectivity index is 1.90. The molecule has 31 heavy (non-hydrogen) atoms. The van der Waals surface area contributed by atoms with Crippen LogP contribution in [0.15, 0.2) is 59.6 Å². The van der Waals surface area contributed by atoms with E-state index in [-0.39, 0.29) is 16.7 Å². The molecule has 4 rings (SSSR count). The first-order chi connectivity index (χ1) is 14.7. The molecule has 0 saturated carbocycles. The summed E-state index contributed by atoms with van der Waals surface area (Å²) >= 11 is 1.17. The minimum atomic E-state index is -0.789. The van der Waals surface area contributed by atoms with Gasteiger partial charge in [-0.15, -0.1) is 10.2 Å². The molecule has 0 unspecified atom stereocenters. The van der Waals surface area contributed by atoms with E-state index in [9.17, 15) is 14.7 Å². The topological polar surface area (TPSA) is 83.4 Å². The lowest BCUT2D eigenvalue weighted by atomic mass is 9.85. The van der Waals surface area contributed by atoms with Gasteiger partial charge in [-0.1, -0.05) is 86.2 Å². The van der Waals surface area contributed by atoms with Gasteiger partial charge in [0.05, 0.1) is 11.6 Å². The summed E-state index contributed by atoms with van der Waals surface area (Å²) in [5, 5.41) is 19.2. The Morgan fingerprint density at radius 2 is 1.68 bits per heavy atom. The van der Waals surface area contributed by atoms with E-state index in [2.05, 4.69) is 31.0 Å². The van der Waals surface area contributed by atoms with Gasteiger partial charge in [0.1, 0.15) is 11.3 Å². The lowest BCUT2D eigenvalue weighted by molar-refractivity contribution is -0.132. The van der Waals surface area contributed by atoms with Crippen molar-refractivity contribution in [2.75, 3.05) is 4.90 Å². The first-order valence-corrected chi connectivity index (χ1v) is 10.8. The summed E-state index contributed by atoms with van der Waals surface area (Å²) in [6.45, 7) is 8.29. The molecule has 7 heteroatoms. The Hall–Kier alpha value is -3.32. The van der Waals surface area contributed by atoms with E-state index in [4.69, 9.17) is 0 Å². The fraction of sp³-hybridized carbons (Fsp3) is 0.250. The molecule has 1 fully saturated rings. The van der Waals surface area contributed by atoms with Crippen molar-refractivity contribution in [3.63, 3.8) is 0 Å². The summed E-state index contributed by atoms with van der Waals surface area (Å²) in [7, 11) is 0. The van der Waals surface area contributed by atoms with Gasteiger partial charge in [-0.25, -0.2) is 0 Å². The van der Waals surface area contributed by atoms with Crippen molar-refractivity contribution < 1.29 is 14.7 Å². The predicted molar refractivity (Wildman–Crippen MR) is 121 cm³/mol. The molecule has 2 aromatic carbocycles. The lowest BCUT2D eigenvalue weighted by Gasteiger charge is -2.24. The lowest BCUT2D eigenvalue weighted by Crippen LogP contribution is -2.29. The van der Waals surface area contributed by atoms with Crippen LogP contribution in [-0.4, -0.2) is 27.0 Å². The van der Waals surface area contributed by atoms with E-state index in [1.54, 1.807) is 12.1 Å². The average Bonchev–Trinajstić information content (AvgIpc) is 3.34. The number of rotatable bonds is 3. The molecule has 158 valence electrons. The first kappa shape index (κ1) is 20.9. The Labute approximate surface area is 184 Å². The van der Waals surface area contributed by atoms with E-state index in [0.717, 1.165) is 16.7 Å². The summed E-state index contributed by atoms with van der Waals surface area (Å²) < 4.78 is 0. The van der Waals surface area contributed by atoms with Gasteiger partial charge in [-0.3, -0.25) is 14.5 Å². The minimum absolute atomic E-state index is 0.0402. The second kappa shape index (κ2) is 7.74. The molecule has 1 aliphatic rings. The molecule has 1 aliphatic heterocycles. The maximum absolute atomic E-state index is 13.0.